The zero-order valence-electron chi connectivity index (χ0n) is 16.5. The van der Waals surface area contributed by atoms with E-state index in [1.54, 1.807) is 12.1 Å². The summed E-state index contributed by atoms with van der Waals surface area (Å²) in [5.41, 5.74) is 2.80. The molecular weight excluding hydrogens is 403 g/mol. The smallest absolute Gasteiger partial charge is 0.230 e. The van der Waals surface area contributed by atoms with Crippen LogP contribution < -0.4 is 10.2 Å². The summed E-state index contributed by atoms with van der Waals surface area (Å²) in [7, 11) is 0. The van der Waals surface area contributed by atoms with Crippen molar-refractivity contribution in [2.75, 3.05) is 16.8 Å². The summed E-state index contributed by atoms with van der Waals surface area (Å²) in [4.78, 5) is 26.7. The van der Waals surface area contributed by atoms with Gasteiger partial charge in [-0.3, -0.25) is 9.59 Å². The first-order chi connectivity index (χ1) is 14.5. The lowest BCUT2D eigenvalue weighted by Crippen LogP contribution is -2.25. The first-order valence-electron chi connectivity index (χ1n) is 9.79. The minimum Gasteiger partial charge on any atom is -0.311 e. The molecule has 1 aromatic heterocycles. The Hall–Kier alpha value is -3.13. The SMILES string of the molecule is CCc1ccccc1N1C[C@H](c2nnc(NC(=O)Cc3ccc(F)cc3)s2)CC1=O. The number of halogens is 1. The highest BCUT2D eigenvalue weighted by Gasteiger charge is 2.34. The van der Waals surface area contributed by atoms with E-state index in [0.717, 1.165) is 22.7 Å². The third-order valence-corrected chi connectivity index (χ3v) is 6.10. The van der Waals surface area contributed by atoms with Gasteiger partial charge in [0.15, 0.2) is 0 Å². The molecule has 1 fully saturated rings. The third kappa shape index (κ3) is 4.38. The molecule has 3 aromatic rings. The van der Waals surface area contributed by atoms with Crippen molar-refractivity contribution in [2.45, 2.75) is 32.1 Å². The van der Waals surface area contributed by atoms with Crippen molar-refractivity contribution < 1.29 is 14.0 Å². The number of hydrogen-bond donors (Lipinski definition) is 1. The van der Waals surface area contributed by atoms with Gasteiger partial charge in [-0.15, -0.1) is 10.2 Å². The molecule has 154 valence electrons. The fourth-order valence-corrected chi connectivity index (χ4v) is 4.43. The van der Waals surface area contributed by atoms with Crippen LogP contribution in [0.4, 0.5) is 15.2 Å². The number of nitrogens with zero attached hydrogens (tertiary/aromatic N) is 3. The number of rotatable bonds is 6. The first-order valence-corrected chi connectivity index (χ1v) is 10.6. The molecule has 2 amide bonds. The van der Waals surface area contributed by atoms with E-state index in [0.29, 0.717) is 23.7 Å². The molecule has 1 N–H and O–H groups in total. The van der Waals surface area contributed by atoms with Crippen LogP contribution in [0.1, 0.15) is 35.4 Å². The molecule has 2 heterocycles. The van der Waals surface area contributed by atoms with Crippen LogP contribution in [0.3, 0.4) is 0 Å². The van der Waals surface area contributed by atoms with Crippen LogP contribution in [0.15, 0.2) is 48.5 Å². The van der Waals surface area contributed by atoms with Gasteiger partial charge in [-0.25, -0.2) is 4.39 Å². The molecule has 0 aliphatic carbocycles. The van der Waals surface area contributed by atoms with Crippen molar-refractivity contribution in [3.8, 4) is 0 Å². The molecule has 0 saturated carbocycles. The Morgan fingerprint density at radius 2 is 1.97 bits per heavy atom. The summed E-state index contributed by atoms with van der Waals surface area (Å²) in [5, 5.41) is 12.1. The van der Waals surface area contributed by atoms with E-state index in [1.165, 1.54) is 23.5 Å². The number of para-hydroxylation sites is 1. The number of aryl methyl sites for hydroxylation is 1. The molecule has 0 radical (unpaired) electrons. The van der Waals surface area contributed by atoms with Gasteiger partial charge in [-0.05, 0) is 35.7 Å². The van der Waals surface area contributed by atoms with Gasteiger partial charge < -0.3 is 10.2 Å². The Morgan fingerprint density at radius 1 is 1.20 bits per heavy atom. The summed E-state index contributed by atoms with van der Waals surface area (Å²) >= 11 is 1.29. The zero-order chi connectivity index (χ0) is 21.1. The summed E-state index contributed by atoms with van der Waals surface area (Å²) < 4.78 is 13.0. The van der Waals surface area contributed by atoms with E-state index in [-0.39, 0.29) is 30.0 Å². The molecule has 1 aliphatic heterocycles. The number of aromatic nitrogens is 2. The molecule has 1 atom stereocenters. The van der Waals surface area contributed by atoms with Gasteiger partial charge in [0.25, 0.3) is 0 Å². The van der Waals surface area contributed by atoms with Crippen molar-refractivity contribution >= 4 is 34.0 Å². The molecule has 1 aliphatic rings. The monoisotopic (exact) mass is 424 g/mol. The Bertz CT molecular complexity index is 1070. The summed E-state index contributed by atoms with van der Waals surface area (Å²) in [6.07, 6.45) is 1.35. The number of carbonyl (C=O) groups excluding carboxylic acids is 2. The van der Waals surface area contributed by atoms with E-state index < -0.39 is 0 Å². The molecule has 1 saturated heterocycles. The highest BCUT2D eigenvalue weighted by atomic mass is 32.1. The second-order valence-corrected chi connectivity index (χ2v) is 8.19. The fourth-order valence-electron chi connectivity index (χ4n) is 3.58. The van der Waals surface area contributed by atoms with E-state index in [9.17, 15) is 14.0 Å². The Kier molecular flexibility index (Phi) is 5.85. The molecule has 6 nitrogen and oxygen atoms in total. The minimum atomic E-state index is -0.338. The fraction of sp³-hybridized carbons (Fsp3) is 0.273. The van der Waals surface area contributed by atoms with E-state index in [2.05, 4.69) is 22.4 Å². The first kappa shape index (κ1) is 20.2. The second kappa shape index (κ2) is 8.71. The maximum atomic E-state index is 13.0. The largest absolute Gasteiger partial charge is 0.311 e. The maximum Gasteiger partial charge on any atom is 0.230 e. The van der Waals surface area contributed by atoms with Crippen LogP contribution in [0.2, 0.25) is 0 Å². The number of benzene rings is 2. The standard InChI is InChI=1S/C22H21FN4O2S/c1-2-15-5-3-4-6-18(15)27-13-16(12-20(27)29)21-25-26-22(30-21)24-19(28)11-14-7-9-17(23)10-8-14/h3-10,16H,2,11-13H2,1H3,(H,24,26,28)/t16-/m1/s1. The normalized spacial score (nSPS) is 16.1. The van der Waals surface area contributed by atoms with Gasteiger partial charge >= 0.3 is 0 Å². The van der Waals surface area contributed by atoms with Gasteiger partial charge in [-0.2, -0.15) is 0 Å². The van der Waals surface area contributed by atoms with E-state index >= 15 is 0 Å². The van der Waals surface area contributed by atoms with Gasteiger partial charge in [0, 0.05) is 24.6 Å². The summed E-state index contributed by atoms with van der Waals surface area (Å²) in [6.45, 7) is 2.62. The number of hydrogen-bond acceptors (Lipinski definition) is 5. The van der Waals surface area contributed by atoms with Crippen LogP contribution in [-0.4, -0.2) is 28.6 Å². The van der Waals surface area contributed by atoms with Crippen molar-refractivity contribution in [1.82, 2.24) is 10.2 Å². The topological polar surface area (TPSA) is 75.2 Å². The summed E-state index contributed by atoms with van der Waals surface area (Å²) in [5.74, 6) is -0.569. The van der Waals surface area contributed by atoms with Crippen molar-refractivity contribution in [3.63, 3.8) is 0 Å². The Balaban J connectivity index is 1.41. The van der Waals surface area contributed by atoms with Crippen LogP contribution in [-0.2, 0) is 22.4 Å². The van der Waals surface area contributed by atoms with Crippen molar-refractivity contribution in [1.29, 1.82) is 0 Å². The molecule has 4 rings (SSSR count). The highest BCUT2D eigenvalue weighted by molar-refractivity contribution is 7.15. The minimum absolute atomic E-state index is 0.0531. The quantitative estimate of drug-likeness (QED) is 0.650. The predicted octanol–water partition coefficient (Wildman–Crippen LogP) is 3.94. The molecule has 30 heavy (non-hydrogen) atoms. The molecule has 0 spiro atoms. The number of amides is 2. The molecular formula is C22H21FN4O2S. The Morgan fingerprint density at radius 3 is 2.73 bits per heavy atom. The molecule has 0 bridgehead atoms. The second-order valence-electron chi connectivity index (χ2n) is 7.18. The molecule has 8 heteroatoms. The lowest BCUT2D eigenvalue weighted by molar-refractivity contribution is -0.117. The van der Waals surface area contributed by atoms with E-state index in [4.69, 9.17) is 0 Å². The average molecular weight is 425 g/mol. The number of nitrogens with one attached hydrogen (secondary N) is 1. The lowest BCUT2D eigenvalue weighted by Gasteiger charge is -2.19. The van der Waals surface area contributed by atoms with Gasteiger partial charge in [-0.1, -0.05) is 48.6 Å². The molecule has 0 unspecified atom stereocenters. The van der Waals surface area contributed by atoms with Crippen molar-refractivity contribution in [3.05, 3.63) is 70.5 Å². The van der Waals surface area contributed by atoms with E-state index in [1.807, 2.05) is 29.2 Å². The van der Waals surface area contributed by atoms with Crippen LogP contribution in [0.5, 0.6) is 0 Å². The predicted molar refractivity (Wildman–Crippen MR) is 114 cm³/mol. The van der Waals surface area contributed by atoms with Gasteiger partial charge in [0.1, 0.15) is 10.8 Å². The average Bonchev–Trinajstić information content (AvgIpc) is 3.36. The van der Waals surface area contributed by atoms with Crippen LogP contribution in [0.25, 0.3) is 0 Å². The zero-order valence-corrected chi connectivity index (χ0v) is 17.3. The Labute approximate surface area is 177 Å². The lowest BCUT2D eigenvalue weighted by atomic mass is 10.1. The maximum absolute atomic E-state index is 13.0. The van der Waals surface area contributed by atoms with Gasteiger partial charge in [0.05, 0.1) is 6.42 Å². The third-order valence-electron chi connectivity index (χ3n) is 5.10. The summed E-state index contributed by atoms with van der Waals surface area (Å²) in [6, 6.07) is 13.7. The highest BCUT2D eigenvalue weighted by Crippen LogP contribution is 2.35. The number of anilines is 2. The van der Waals surface area contributed by atoms with Crippen LogP contribution in [0, 0.1) is 5.82 Å². The molecule has 2 aromatic carbocycles. The van der Waals surface area contributed by atoms with Crippen LogP contribution >= 0.6 is 11.3 Å². The number of carbonyl (C=O) groups is 2. The van der Waals surface area contributed by atoms with Gasteiger partial charge in [0.2, 0.25) is 16.9 Å². The van der Waals surface area contributed by atoms with Crippen molar-refractivity contribution in [2.24, 2.45) is 0 Å².